The molecule has 0 spiro atoms. The number of Topliss-reactive ketones (excluding diaryl/α,β-unsaturated/α-hetero) is 1. The highest BCUT2D eigenvalue weighted by Gasteiger charge is 2.12. The molecule has 0 aliphatic carbocycles. The van der Waals surface area contributed by atoms with Crippen molar-refractivity contribution in [3.8, 4) is 0 Å². The van der Waals surface area contributed by atoms with Crippen molar-refractivity contribution in [1.82, 2.24) is 0 Å². The second-order valence-electron chi connectivity index (χ2n) is 3.02. The van der Waals surface area contributed by atoms with Crippen molar-refractivity contribution in [1.29, 1.82) is 0 Å². The predicted octanol–water partition coefficient (Wildman–Crippen LogP) is 4.11. The van der Waals surface area contributed by atoms with E-state index in [0.717, 1.165) is 14.5 Å². The molecule has 1 aromatic rings. The number of alkyl halides is 1. The van der Waals surface area contributed by atoms with Crippen LogP contribution in [0.3, 0.4) is 0 Å². The Hall–Kier alpha value is 0.330. The summed E-state index contributed by atoms with van der Waals surface area (Å²) in [5.74, 6) is 0.150. The summed E-state index contributed by atoms with van der Waals surface area (Å²) in [6, 6.07) is 5.95. The van der Waals surface area contributed by atoms with Crippen molar-refractivity contribution in [2.45, 2.75) is 18.2 Å². The minimum atomic E-state index is -0.104. The molecule has 0 fully saturated rings. The third-order valence-corrected chi connectivity index (χ3v) is 4.08. The van der Waals surface area contributed by atoms with Gasteiger partial charge < -0.3 is 0 Å². The SMILES string of the molecule is CC(=O)C(Br)Cc1cc(Br)ccc1Br. The summed E-state index contributed by atoms with van der Waals surface area (Å²) >= 11 is 10.2. The second-order valence-corrected chi connectivity index (χ2v) is 5.89. The van der Waals surface area contributed by atoms with Crippen LogP contribution >= 0.6 is 47.8 Å². The van der Waals surface area contributed by atoms with Crippen LogP contribution in [0.2, 0.25) is 0 Å². The monoisotopic (exact) mass is 382 g/mol. The number of carbonyl (C=O) groups is 1. The van der Waals surface area contributed by atoms with Crippen LogP contribution in [-0.4, -0.2) is 10.6 Å². The van der Waals surface area contributed by atoms with Crippen molar-refractivity contribution >= 4 is 53.6 Å². The van der Waals surface area contributed by atoms with Crippen LogP contribution in [0.25, 0.3) is 0 Å². The number of hydrogen-bond donors (Lipinski definition) is 0. The van der Waals surface area contributed by atoms with E-state index in [0.29, 0.717) is 6.42 Å². The zero-order valence-electron chi connectivity index (χ0n) is 7.56. The zero-order chi connectivity index (χ0) is 10.7. The molecule has 14 heavy (non-hydrogen) atoms. The van der Waals surface area contributed by atoms with Crippen LogP contribution in [0.1, 0.15) is 12.5 Å². The van der Waals surface area contributed by atoms with Crippen molar-refractivity contribution in [2.75, 3.05) is 0 Å². The summed E-state index contributed by atoms with van der Waals surface area (Å²) in [6.07, 6.45) is 0.704. The number of halogens is 3. The third kappa shape index (κ3) is 3.48. The largest absolute Gasteiger partial charge is 0.299 e. The van der Waals surface area contributed by atoms with Gasteiger partial charge in [0.1, 0.15) is 5.78 Å². The Morgan fingerprint density at radius 1 is 1.43 bits per heavy atom. The van der Waals surface area contributed by atoms with E-state index < -0.39 is 0 Å². The van der Waals surface area contributed by atoms with Gasteiger partial charge in [0, 0.05) is 8.95 Å². The number of carbonyl (C=O) groups excluding carboxylic acids is 1. The molecule has 0 saturated heterocycles. The maximum atomic E-state index is 11.1. The first kappa shape index (κ1) is 12.4. The van der Waals surface area contributed by atoms with E-state index in [2.05, 4.69) is 47.8 Å². The minimum Gasteiger partial charge on any atom is -0.299 e. The third-order valence-electron chi connectivity index (χ3n) is 1.85. The molecule has 0 aromatic heterocycles. The Labute approximate surface area is 109 Å². The quantitative estimate of drug-likeness (QED) is 0.717. The normalized spacial score (nSPS) is 12.6. The van der Waals surface area contributed by atoms with Crippen molar-refractivity contribution in [3.63, 3.8) is 0 Å². The summed E-state index contributed by atoms with van der Waals surface area (Å²) in [5.41, 5.74) is 1.12. The molecular formula is C10H9Br3O. The fourth-order valence-corrected chi connectivity index (χ4v) is 2.20. The van der Waals surface area contributed by atoms with Crippen molar-refractivity contribution < 1.29 is 4.79 Å². The maximum absolute atomic E-state index is 11.1. The van der Waals surface area contributed by atoms with Gasteiger partial charge in [-0.15, -0.1) is 0 Å². The first-order chi connectivity index (χ1) is 6.50. The Kier molecular flexibility index (Phi) is 4.80. The van der Waals surface area contributed by atoms with Crippen LogP contribution in [0.5, 0.6) is 0 Å². The van der Waals surface area contributed by atoms with Gasteiger partial charge >= 0.3 is 0 Å². The molecule has 0 saturated carbocycles. The molecule has 4 heteroatoms. The van der Waals surface area contributed by atoms with E-state index >= 15 is 0 Å². The van der Waals surface area contributed by atoms with Crippen LogP contribution in [0.15, 0.2) is 27.1 Å². The van der Waals surface area contributed by atoms with Gasteiger partial charge in [-0.05, 0) is 37.1 Å². The Bertz CT molecular complexity index is 349. The van der Waals surface area contributed by atoms with E-state index in [1.807, 2.05) is 18.2 Å². The molecule has 0 heterocycles. The molecule has 76 valence electrons. The molecule has 0 N–H and O–H groups in total. The van der Waals surface area contributed by atoms with Gasteiger partial charge in [0.15, 0.2) is 0 Å². The molecule has 1 rings (SSSR count). The zero-order valence-corrected chi connectivity index (χ0v) is 12.3. The molecular weight excluding hydrogens is 376 g/mol. The van der Waals surface area contributed by atoms with E-state index in [9.17, 15) is 4.79 Å². The van der Waals surface area contributed by atoms with Gasteiger partial charge in [-0.25, -0.2) is 0 Å². The average Bonchev–Trinajstić information content (AvgIpc) is 2.11. The molecule has 0 amide bonds. The number of ketones is 1. The smallest absolute Gasteiger partial charge is 0.143 e. The van der Waals surface area contributed by atoms with Gasteiger partial charge in [-0.3, -0.25) is 4.79 Å². The average molecular weight is 385 g/mol. The van der Waals surface area contributed by atoms with Crippen LogP contribution in [-0.2, 0) is 11.2 Å². The number of rotatable bonds is 3. The minimum absolute atomic E-state index is 0.104. The molecule has 1 aromatic carbocycles. The Balaban J connectivity index is 2.85. The standard InChI is InChI=1S/C10H9Br3O/c1-6(14)10(13)5-7-4-8(11)2-3-9(7)12/h2-4,10H,5H2,1H3. The molecule has 0 bridgehead atoms. The van der Waals surface area contributed by atoms with Crippen LogP contribution in [0.4, 0.5) is 0 Å². The van der Waals surface area contributed by atoms with Gasteiger partial charge in [0.25, 0.3) is 0 Å². The topological polar surface area (TPSA) is 17.1 Å². The predicted molar refractivity (Wildman–Crippen MR) is 68.9 cm³/mol. The lowest BCUT2D eigenvalue weighted by Gasteiger charge is -2.08. The first-order valence-corrected chi connectivity index (χ1v) is 6.59. The highest BCUT2D eigenvalue weighted by molar-refractivity contribution is 9.11. The summed E-state index contributed by atoms with van der Waals surface area (Å²) in [4.78, 5) is 11.0. The number of hydrogen-bond acceptors (Lipinski definition) is 1. The molecule has 1 unspecified atom stereocenters. The van der Waals surface area contributed by atoms with E-state index in [4.69, 9.17) is 0 Å². The fraction of sp³-hybridized carbons (Fsp3) is 0.300. The molecule has 0 aliphatic heterocycles. The maximum Gasteiger partial charge on any atom is 0.143 e. The highest BCUT2D eigenvalue weighted by atomic mass is 79.9. The van der Waals surface area contributed by atoms with Crippen molar-refractivity contribution in [2.24, 2.45) is 0 Å². The van der Waals surface area contributed by atoms with Crippen LogP contribution in [0, 0.1) is 0 Å². The summed E-state index contributed by atoms with van der Waals surface area (Å²) in [5, 5.41) is 0. The van der Waals surface area contributed by atoms with E-state index in [1.54, 1.807) is 6.92 Å². The van der Waals surface area contributed by atoms with Gasteiger partial charge in [-0.1, -0.05) is 47.8 Å². The van der Waals surface area contributed by atoms with E-state index in [1.165, 1.54) is 0 Å². The highest BCUT2D eigenvalue weighted by Crippen LogP contribution is 2.24. The lowest BCUT2D eigenvalue weighted by Crippen LogP contribution is -2.12. The molecule has 1 nitrogen and oxygen atoms in total. The summed E-state index contributed by atoms with van der Waals surface area (Å²) in [7, 11) is 0. The van der Waals surface area contributed by atoms with Crippen molar-refractivity contribution in [3.05, 3.63) is 32.7 Å². The Morgan fingerprint density at radius 3 is 2.64 bits per heavy atom. The lowest BCUT2D eigenvalue weighted by atomic mass is 10.1. The van der Waals surface area contributed by atoms with Gasteiger partial charge in [0.05, 0.1) is 4.83 Å². The molecule has 0 radical (unpaired) electrons. The first-order valence-electron chi connectivity index (χ1n) is 4.09. The van der Waals surface area contributed by atoms with Crippen LogP contribution < -0.4 is 0 Å². The molecule has 1 atom stereocenters. The molecule has 0 aliphatic rings. The second kappa shape index (κ2) is 5.42. The summed E-state index contributed by atoms with van der Waals surface area (Å²) < 4.78 is 2.06. The van der Waals surface area contributed by atoms with Gasteiger partial charge in [-0.2, -0.15) is 0 Å². The summed E-state index contributed by atoms with van der Waals surface area (Å²) in [6.45, 7) is 1.59. The fourth-order valence-electron chi connectivity index (χ4n) is 1.04. The number of benzene rings is 1. The Morgan fingerprint density at radius 2 is 2.07 bits per heavy atom. The van der Waals surface area contributed by atoms with E-state index in [-0.39, 0.29) is 10.6 Å². The lowest BCUT2D eigenvalue weighted by molar-refractivity contribution is -0.116. The van der Waals surface area contributed by atoms with Gasteiger partial charge in [0.2, 0.25) is 0 Å².